The molecule has 2 unspecified atom stereocenters. The van der Waals surface area contributed by atoms with E-state index >= 15 is 0 Å². The second kappa shape index (κ2) is 8.70. The lowest BCUT2D eigenvalue weighted by molar-refractivity contribution is -0.104. The molecule has 1 aliphatic carbocycles. The number of fused-ring (bicyclic) bond motifs is 1. The van der Waals surface area contributed by atoms with Crippen LogP contribution < -0.4 is 5.32 Å². The van der Waals surface area contributed by atoms with E-state index in [0.29, 0.717) is 5.92 Å². The number of pyridine rings is 1. The van der Waals surface area contributed by atoms with Crippen LogP contribution in [0.2, 0.25) is 0 Å². The summed E-state index contributed by atoms with van der Waals surface area (Å²) >= 11 is 1.84. The van der Waals surface area contributed by atoms with Crippen LogP contribution in [-0.4, -0.2) is 36.9 Å². The van der Waals surface area contributed by atoms with Crippen LogP contribution in [-0.2, 0) is 14.9 Å². The Morgan fingerprint density at radius 2 is 2.10 bits per heavy atom. The molecule has 1 N–H and O–H groups in total. The van der Waals surface area contributed by atoms with Crippen LogP contribution in [0.4, 0.5) is 0 Å². The topological polar surface area (TPSA) is 43.4 Å². The summed E-state index contributed by atoms with van der Waals surface area (Å²) in [5.41, 5.74) is 2.94. The van der Waals surface area contributed by atoms with E-state index in [2.05, 4.69) is 35.8 Å². The molecule has 1 spiro atoms. The summed E-state index contributed by atoms with van der Waals surface area (Å²) in [5.74, 6) is 0.514. The summed E-state index contributed by atoms with van der Waals surface area (Å²) in [6.45, 7) is 5.82. The molecule has 1 saturated carbocycles. The third-order valence-corrected chi connectivity index (χ3v) is 8.61. The average molecular weight is 427 g/mol. The number of hydrogen-bond acceptors (Lipinski definition) is 5. The Morgan fingerprint density at radius 3 is 2.93 bits per heavy atom. The van der Waals surface area contributed by atoms with Gasteiger partial charge in [0.25, 0.3) is 0 Å². The minimum absolute atomic E-state index is 0.0876. The summed E-state index contributed by atoms with van der Waals surface area (Å²) in [6.07, 6.45) is 10.5. The minimum Gasteiger partial charge on any atom is -0.375 e. The Balaban J connectivity index is 1.26. The zero-order chi connectivity index (χ0) is 20.4. The first-order valence-electron chi connectivity index (χ1n) is 11.6. The van der Waals surface area contributed by atoms with Gasteiger partial charge in [-0.05, 0) is 67.8 Å². The van der Waals surface area contributed by atoms with E-state index in [1.165, 1.54) is 41.8 Å². The molecule has 2 fully saturated rings. The third-order valence-electron chi connectivity index (χ3n) is 7.58. The molecule has 0 bridgehead atoms. The van der Waals surface area contributed by atoms with Gasteiger partial charge in [-0.3, -0.25) is 4.98 Å². The molecule has 2 aromatic rings. The van der Waals surface area contributed by atoms with E-state index in [1.54, 1.807) is 0 Å². The molecule has 162 valence electrons. The highest BCUT2D eigenvalue weighted by molar-refractivity contribution is 7.10. The monoisotopic (exact) mass is 426 g/mol. The number of aromatic nitrogens is 1. The van der Waals surface area contributed by atoms with Crippen molar-refractivity contribution in [3.05, 3.63) is 52.0 Å². The molecule has 1 saturated heterocycles. The van der Waals surface area contributed by atoms with Crippen molar-refractivity contribution in [3.63, 3.8) is 0 Å². The zero-order valence-electron chi connectivity index (χ0n) is 18.1. The highest BCUT2D eigenvalue weighted by Crippen LogP contribution is 2.49. The largest absolute Gasteiger partial charge is 0.375 e. The van der Waals surface area contributed by atoms with E-state index in [9.17, 15) is 0 Å². The Labute approximate surface area is 184 Å². The summed E-state index contributed by atoms with van der Waals surface area (Å²) in [6, 6.07) is 8.68. The molecule has 2 aromatic heterocycles. The van der Waals surface area contributed by atoms with Gasteiger partial charge in [0.1, 0.15) is 6.10 Å². The second-order valence-electron chi connectivity index (χ2n) is 9.58. The highest BCUT2D eigenvalue weighted by atomic mass is 32.1. The quantitative estimate of drug-likeness (QED) is 0.632. The molecule has 0 aromatic carbocycles. The summed E-state index contributed by atoms with van der Waals surface area (Å²) in [7, 11) is 0. The molecule has 4 nitrogen and oxygen atoms in total. The molecule has 30 heavy (non-hydrogen) atoms. The zero-order valence-corrected chi connectivity index (χ0v) is 18.9. The van der Waals surface area contributed by atoms with Gasteiger partial charge in [-0.25, -0.2) is 0 Å². The maximum Gasteiger partial charge on any atom is 0.104 e. The van der Waals surface area contributed by atoms with Crippen molar-refractivity contribution in [1.29, 1.82) is 0 Å². The van der Waals surface area contributed by atoms with Crippen molar-refractivity contribution in [3.8, 4) is 0 Å². The molecule has 5 heteroatoms. The number of nitrogens with zero attached hydrogens (tertiary/aromatic N) is 1. The lowest BCUT2D eigenvalue weighted by atomic mass is 9.68. The standard InChI is InChI=1S/C25H34N2O2S/c1-19-17-28-21(23-20(19)7-15-30-23)16-26-13-10-24(22-6-2-5-12-27-22)11-14-29-25(18-24)8-3-4-9-25/h2,5-7,12,15,19,21,26H,3-4,8-11,13-14,16-18H2,1H3/t19?,21?,24-/m1/s1. The van der Waals surface area contributed by atoms with Crippen molar-refractivity contribution in [2.24, 2.45) is 0 Å². The van der Waals surface area contributed by atoms with Gasteiger partial charge < -0.3 is 14.8 Å². The van der Waals surface area contributed by atoms with Gasteiger partial charge >= 0.3 is 0 Å². The van der Waals surface area contributed by atoms with Crippen molar-refractivity contribution < 1.29 is 9.47 Å². The summed E-state index contributed by atoms with van der Waals surface area (Å²) in [4.78, 5) is 6.24. The molecule has 3 aliphatic rings. The Morgan fingerprint density at radius 1 is 1.20 bits per heavy atom. The van der Waals surface area contributed by atoms with E-state index in [1.807, 2.05) is 23.6 Å². The van der Waals surface area contributed by atoms with E-state index in [-0.39, 0.29) is 17.1 Å². The first kappa shape index (κ1) is 20.6. The SMILES string of the molecule is CC1COC(CNCC[C@@]2(c3ccccn3)CCOC3(CCCC3)C2)c2sccc21. The van der Waals surface area contributed by atoms with Crippen LogP contribution in [0.3, 0.4) is 0 Å². The number of nitrogens with one attached hydrogen (secondary N) is 1. The van der Waals surface area contributed by atoms with Crippen LogP contribution in [0.1, 0.15) is 80.0 Å². The molecular formula is C25H34N2O2S. The van der Waals surface area contributed by atoms with E-state index < -0.39 is 0 Å². The van der Waals surface area contributed by atoms with Crippen molar-refractivity contribution in [2.75, 3.05) is 26.3 Å². The molecule has 0 amide bonds. The predicted molar refractivity (Wildman–Crippen MR) is 121 cm³/mol. The maximum absolute atomic E-state index is 6.38. The third kappa shape index (κ3) is 3.97. The number of hydrogen-bond donors (Lipinski definition) is 1. The fourth-order valence-corrected chi connectivity index (χ4v) is 7.00. The normalized spacial score (nSPS) is 30.4. The van der Waals surface area contributed by atoms with Crippen LogP contribution in [0.25, 0.3) is 0 Å². The predicted octanol–water partition coefficient (Wildman–Crippen LogP) is 5.36. The van der Waals surface area contributed by atoms with Crippen LogP contribution in [0, 0.1) is 0 Å². The first-order chi connectivity index (χ1) is 14.7. The van der Waals surface area contributed by atoms with Gasteiger partial charge in [0.2, 0.25) is 0 Å². The number of thiophene rings is 1. The van der Waals surface area contributed by atoms with E-state index in [0.717, 1.165) is 45.6 Å². The van der Waals surface area contributed by atoms with Gasteiger partial charge in [-0.2, -0.15) is 0 Å². The average Bonchev–Trinajstić information content (AvgIpc) is 3.44. The fraction of sp³-hybridized carbons (Fsp3) is 0.640. The van der Waals surface area contributed by atoms with Crippen molar-refractivity contribution in [1.82, 2.24) is 10.3 Å². The van der Waals surface area contributed by atoms with Gasteiger partial charge in [0, 0.05) is 41.3 Å². The number of ether oxygens (including phenoxy) is 2. The van der Waals surface area contributed by atoms with Gasteiger partial charge in [0.05, 0.1) is 12.2 Å². The van der Waals surface area contributed by atoms with Gasteiger partial charge in [-0.15, -0.1) is 11.3 Å². The van der Waals surface area contributed by atoms with Crippen molar-refractivity contribution >= 4 is 11.3 Å². The first-order valence-corrected chi connectivity index (χ1v) is 12.5. The Kier molecular flexibility index (Phi) is 5.98. The Hall–Kier alpha value is -1.27. The summed E-state index contributed by atoms with van der Waals surface area (Å²) in [5, 5.41) is 5.94. The van der Waals surface area contributed by atoms with Crippen LogP contribution >= 0.6 is 11.3 Å². The molecule has 3 atom stereocenters. The molecule has 5 rings (SSSR count). The second-order valence-corrected chi connectivity index (χ2v) is 10.5. The van der Waals surface area contributed by atoms with Gasteiger partial charge in [-0.1, -0.05) is 25.8 Å². The lowest BCUT2D eigenvalue weighted by Crippen LogP contribution is -2.47. The van der Waals surface area contributed by atoms with Crippen LogP contribution in [0.15, 0.2) is 35.8 Å². The Bertz CT molecular complexity index is 833. The molecular weight excluding hydrogens is 392 g/mol. The van der Waals surface area contributed by atoms with Gasteiger partial charge in [0.15, 0.2) is 0 Å². The van der Waals surface area contributed by atoms with E-state index in [4.69, 9.17) is 14.5 Å². The highest BCUT2D eigenvalue weighted by Gasteiger charge is 2.48. The lowest BCUT2D eigenvalue weighted by Gasteiger charge is -2.46. The molecule has 2 aliphatic heterocycles. The minimum atomic E-state index is 0.0876. The van der Waals surface area contributed by atoms with Crippen molar-refractivity contribution in [2.45, 2.75) is 74.9 Å². The summed E-state index contributed by atoms with van der Waals surface area (Å²) < 4.78 is 12.5. The van der Waals surface area contributed by atoms with Crippen LogP contribution in [0.5, 0.6) is 0 Å². The number of rotatable bonds is 6. The molecule has 4 heterocycles. The molecule has 0 radical (unpaired) electrons. The fourth-order valence-electron chi connectivity index (χ4n) is 5.93. The maximum atomic E-state index is 6.38. The smallest absolute Gasteiger partial charge is 0.104 e.